The monoisotopic (exact) mass is 293 g/mol. The van der Waals surface area contributed by atoms with Gasteiger partial charge in [-0.15, -0.1) is 0 Å². The number of hydrogen-bond acceptors (Lipinski definition) is 5. The number of carbonyl (C=O) groups is 2. The molecule has 1 aromatic rings. The zero-order valence-corrected chi connectivity index (χ0v) is 11.4. The van der Waals surface area contributed by atoms with Crippen molar-refractivity contribution >= 4 is 17.6 Å². The molecule has 7 heteroatoms. The zero-order chi connectivity index (χ0) is 15.0. The molecular formula is C14H15NO6. The molecule has 0 aliphatic carbocycles. The average molecular weight is 293 g/mol. The maximum Gasteiger partial charge on any atom is 0.332 e. The summed E-state index contributed by atoms with van der Waals surface area (Å²) in [6.45, 7) is 0.169. The molecule has 1 N–H and O–H groups in total. The Morgan fingerprint density at radius 3 is 2.62 bits per heavy atom. The van der Waals surface area contributed by atoms with E-state index in [1.54, 1.807) is 25.2 Å². The van der Waals surface area contributed by atoms with Crippen LogP contribution in [0.15, 0.2) is 18.2 Å². The van der Waals surface area contributed by atoms with E-state index in [9.17, 15) is 9.59 Å². The molecule has 1 amide bonds. The fourth-order valence-electron chi connectivity index (χ4n) is 2.44. The van der Waals surface area contributed by atoms with Crippen LogP contribution < -0.4 is 14.4 Å². The van der Waals surface area contributed by atoms with Gasteiger partial charge >= 0.3 is 5.97 Å². The van der Waals surface area contributed by atoms with E-state index in [-0.39, 0.29) is 12.7 Å². The Hall–Kier alpha value is -2.28. The number of ether oxygens (including phenoxy) is 3. The third kappa shape index (κ3) is 2.52. The first-order chi connectivity index (χ1) is 10.1. The second-order valence-electron chi connectivity index (χ2n) is 4.96. The summed E-state index contributed by atoms with van der Waals surface area (Å²) in [4.78, 5) is 24.6. The van der Waals surface area contributed by atoms with Crippen LogP contribution in [0.5, 0.6) is 11.5 Å². The van der Waals surface area contributed by atoms with Crippen molar-refractivity contribution in [2.75, 3.05) is 18.7 Å². The van der Waals surface area contributed by atoms with Gasteiger partial charge in [-0.05, 0) is 25.0 Å². The molecule has 21 heavy (non-hydrogen) atoms. The van der Waals surface area contributed by atoms with Crippen LogP contribution in [0.3, 0.4) is 0 Å². The fourth-order valence-corrected chi connectivity index (χ4v) is 2.44. The summed E-state index contributed by atoms with van der Waals surface area (Å²) in [5.41, 5.74) is 0.645. The van der Waals surface area contributed by atoms with Crippen molar-refractivity contribution < 1.29 is 28.9 Å². The first-order valence-electron chi connectivity index (χ1n) is 6.62. The molecule has 0 radical (unpaired) electrons. The highest BCUT2D eigenvalue weighted by Gasteiger charge is 2.36. The summed E-state index contributed by atoms with van der Waals surface area (Å²) >= 11 is 0. The van der Waals surface area contributed by atoms with Gasteiger partial charge in [-0.1, -0.05) is 0 Å². The fraction of sp³-hybridized carbons (Fsp3) is 0.429. The molecule has 1 fully saturated rings. The molecule has 0 saturated carbocycles. The molecule has 2 aliphatic heterocycles. The molecule has 2 atom stereocenters. The second-order valence-corrected chi connectivity index (χ2v) is 4.96. The Kier molecular flexibility index (Phi) is 3.42. The van der Waals surface area contributed by atoms with Crippen LogP contribution in [0.25, 0.3) is 0 Å². The second kappa shape index (κ2) is 5.25. The minimum atomic E-state index is -1.03. The first kappa shape index (κ1) is 13.7. The molecule has 2 aliphatic rings. The largest absolute Gasteiger partial charge is 0.479 e. The van der Waals surface area contributed by atoms with Crippen LogP contribution >= 0.6 is 0 Å². The van der Waals surface area contributed by atoms with Gasteiger partial charge < -0.3 is 24.2 Å². The Morgan fingerprint density at radius 2 is 1.90 bits per heavy atom. The third-order valence-electron chi connectivity index (χ3n) is 3.64. The summed E-state index contributed by atoms with van der Waals surface area (Å²) in [5.74, 6) is -0.0702. The van der Waals surface area contributed by atoms with E-state index < -0.39 is 18.2 Å². The Labute approximate surface area is 121 Å². The van der Waals surface area contributed by atoms with E-state index in [0.717, 1.165) is 0 Å². The van der Waals surface area contributed by atoms with Crippen molar-refractivity contribution in [2.45, 2.75) is 25.0 Å². The first-order valence-corrected chi connectivity index (χ1v) is 6.62. The zero-order valence-electron chi connectivity index (χ0n) is 11.4. The SMILES string of the molecule is CN(C(=O)[C@@H]1CC[C@H](C(=O)O)O1)c1ccc2c(c1)OCO2. The summed E-state index contributed by atoms with van der Waals surface area (Å²) in [7, 11) is 1.62. The lowest BCUT2D eigenvalue weighted by molar-refractivity contribution is -0.151. The minimum absolute atomic E-state index is 0.169. The Bertz CT molecular complexity index is 587. The van der Waals surface area contributed by atoms with Gasteiger partial charge in [-0.25, -0.2) is 4.79 Å². The number of aliphatic carboxylic acids is 1. The van der Waals surface area contributed by atoms with Gasteiger partial charge in [0.15, 0.2) is 17.6 Å². The highest BCUT2D eigenvalue weighted by atomic mass is 16.7. The summed E-state index contributed by atoms with van der Waals surface area (Å²) in [6.07, 6.45) is -0.864. The van der Waals surface area contributed by atoms with E-state index in [1.807, 2.05) is 0 Å². The maximum absolute atomic E-state index is 12.4. The number of rotatable bonds is 3. The Balaban J connectivity index is 1.72. The van der Waals surface area contributed by atoms with Crippen LogP contribution in [-0.4, -0.2) is 43.0 Å². The topological polar surface area (TPSA) is 85.3 Å². The smallest absolute Gasteiger partial charge is 0.332 e. The van der Waals surface area contributed by atoms with Crippen molar-refractivity contribution in [1.29, 1.82) is 0 Å². The normalized spacial score (nSPS) is 23.1. The minimum Gasteiger partial charge on any atom is -0.479 e. The lowest BCUT2D eigenvalue weighted by Crippen LogP contribution is -2.37. The quantitative estimate of drug-likeness (QED) is 0.895. The molecule has 2 heterocycles. The molecule has 0 bridgehead atoms. The van der Waals surface area contributed by atoms with Crippen molar-refractivity contribution in [2.24, 2.45) is 0 Å². The number of carboxylic acid groups (broad SMARTS) is 1. The lowest BCUT2D eigenvalue weighted by atomic mass is 10.1. The number of fused-ring (bicyclic) bond motifs is 1. The molecule has 3 rings (SSSR count). The summed E-state index contributed by atoms with van der Waals surface area (Å²) < 4.78 is 15.8. The predicted octanol–water partition coefficient (Wildman–Crippen LogP) is 1.01. The van der Waals surface area contributed by atoms with Gasteiger partial charge in [0.05, 0.1) is 0 Å². The van der Waals surface area contributed by atoms with Gasteiger partial charge in [0.1, 0.15) is 6.10 Å². The molecular weight excluding hydrogens is 278 g/mol. The van der Waals surface area contributed by atoms with E-state index in [1.165, 1.54) is 4.90 Å². The summed E-state index contributed by atoms with van der Waals surface area (Å²) in [5, 5.41) is 8.89. The van der Waals surface area contributed by atoms with Gasteiger partial charge in [0, 0.05) is 18.8 Å². The number of carbonyl (C=O) groups excluding carboxylic acids is 1. The molecule has 1 saturated heterocycles. The molecule has 1 aromatic carbocycles. The highest BCUT2D eigenvalue weighted by Crippen LogP contribution is 2.35. The number of hydrogen-bond donors (Lipinski definition) is 1. The number of carboxylic acids is 1. The molecule has 0 unspecified atom stereocenters. The maximum atomic E-state index is 12.4. The molecule has 0 spiro atoms. The number of anilines is 1. The van der Waals surface area contributed by atoms with Gasteiger partial charge in [-0.3, -0.25) is 4.79 Å². The van der Waals surface area contributed by atoms with Gasteiger partial charge in [0.25, 0.3) is 5.91 Å². The van der Waals surface area contributed by atoms with Crippen molar-refractivity contribution in [3.05, 3.63) is 18.2 Å². The number of likely N-dealkylation sites (N-methyl/N-ethyl adjacent to an activating group) is 1. The van der Waals surface area contributed by atoms with Crippen LogP contribution in [0.1, 0.15) is 12.8 Å². The van der Waals surface area contributed by atoms with Crippen LogP contribution in [0.2, 0.25) is 0 Å². The average Bonchev–Trinajstić information content (AvgIpc) is 3.13. The highest BCUT2D eigenvalue weighted by molar-refractivity contribution is 5.96. The number of nitrogens with zero attached hydrogens (tertiary/aromatic N) is 1. The molecule has 112 valence electrons. The lowest BCUT2D eigenvalue weighted by Gasteiger charge is -2.21. The van der Waals surface area contributed by atoms with E-state index in [0.29, 0.717) is 30.0 Å². The van der Waals surface area contributed by atoms with Crippen LogP contribution in [-0.2, 0) is 14.3 Å². The number of benzene rings is 1. The molecule has 0 aromatic heterocycles. The van der Waals surface area contributed by atoms with Crippen molar-refractivity contribution in [3.8, 4) is 11.5 Å². The molecule has 7 nitrogen and oxygen atoms in total. The van der Waals surface area contributed by atoms with E-state index in [4.69, 9.17) is 19.3 Å². The van der Waals surface area contributed by atoms with E-state index in [2.05, 4.69) is 0 Å². The van der Waals surface area contributed by atoms with Gasteiger partial charge in [-0.2, -0.15) is 0 Å². The van der Waals surface area contributed by atoms with Crippen LogP contribution in [0.4, 0.5) is 5.69 Å². The van der Waals surface area contributed by atoms with Gasteiger partial charge in [0.2, 0.25) is 6.79 Å². The third-order valence-corrected chi connectivity index (χ3v) is 3.64. The summed E-state index contributed by atoms with van der Waals surface area (Å²) in [6, 6.07) is 5.19. The Morgan fingerprint density at radius 1 is 1.19 bits per heavy atom. The van der Waals surface area contributed by atoms with Crippen molar-refractivity contribution in [3.63, 3.8) is 0 Å². The van der Waals surface area contributed by atoms with Crippen LogP contribution in [0, 0.1) is 0 Å². The van der Waals surface area contributed by atoms with Crippen molar-refractivity contribution in [1.82, 2.24) is 0 Å². The predicted molar refractivity (Wildman–Crippen MR) is 71.5 cm³/mol. The standard InChI is InChI=1S/C14H15NO6/c1-15(8-2-3-9-12(6-8)20-7-19-9)13(16)10-4-5-11(21-10)14(17)18/h2-3,6,10-11H,4-5,7H2,1H3,(H,17,18)/t10-,11+/m0/s1. The number of amides is 1. The van der Waals surface area contributed by atoms with E-state index >= 15 is 0 Å².